The van der Waals surface area contributed by atoms with Gasteiger partial charge in [0.1, 0.15) is 11.4 Å². The number of carbonyl (C=O) groups excluding carboxylic acids is 1. The molecule has 4 rings (SSSR count). The summed E-state index contributed by atoms with van der Waals surface area (Å²) in [4.78, 5) is 22.0. The molecule has 0 radical (unpaired) electrons. The lowest BCUT2D eigenvalue weighted by atomic mass is 9.93. The Morgan fingerprint density at radius 1 is 0.812 bits per heavy atom. The van der Waals surface area contributed by atoms with Gasteiger partial charge in [-0.1, -0.05) is 78.9 Å². The highest BCUT2D eigenvalue weighted by atomic mass is 16.3. The molecule has 0 bridgehead atoms. The lowest BCUT2D eigenvalue weighted by Crippen LogP contribution is -2.32. The van der Waals surface area contributed by atoms with Crippen molar-refractivity contribution < 1.29 is 9.90 Å². The van der Waals surface area contributed by atoms with Gasteiger partial charge in [0, 0.05) is 18.0 Å². The Kier molecular flexibility index (Phi) is 6.68. The van der Waals surface area contributed by atoms with Crippen LogP contribution in [-0.2, 0) is 0 Å². The Labute approximate surface area is 187 Å². The number of phenols is 1. The van der Waals surface area contributed by atoms with E-state index in [2.05, 4.69) is 10.3 Å². The number of benzene rings is 3. The molecule has 4 aromatic rings. The van der Waals surface area contributed by atoms with E-state index in [-0.39, 0.29) is 11.7 Å². The number of pyridine rings is 1. The fourth-order valence-corrected chi connectivity index (χ4v) is 3.49. The fraction of sp³-hybridized carbons (Fsp3) is 0.0741. The monoisotopic (exact) mass is 421 g/mol. The second-order valence-electron chi connectivity index (χ2n) is 7.27. The third-order valence-electron chi connectivity index (χ3n) is 5.11. The summed E-state index contributed by atoms with van der Waals surface area (Å²) in [6, 6.07) is 30.9. The maximum Gasteiger partial charge on any atom is 0.270 e. The molecule has 3 aromatic carbocycles. The van der Waals surface area contributed by atoms with Crippen LogP contribution in [0.3, 0.4) is 0 Å². The maximum absolute atomic E-state index is 13.0. The van der Waals surface area contributed by atoms with Crippen LogP contribution >= 0.6 is 0 Å². The number of rotatable bonds is 7. The van der Waals surface area contributed by atoms with Crippen molar-refractivity contribution in [2.45, 2.75) is 12.1 Å². The highest BCUT2D eigenvalue weighted by molar-refractivity contribution is 5.92. The van der Waals surface area contributed by atoms with Gasteiger partial charge in [0.25, 0.3) is 5.91 Å². The van der Waals surface area contributed by atoms with Crippen LogP contribution in [0.25, 0.3) is 0 Å². The maximum atomic E-state index is 13.0. The van der Waals surface area contributed by atoms with Gasteiger partial charge < -0.3 is 10.4 Å². The molecule has 5 nitrogen and oxygen atoms in total. The van der Waals surface area contributed by atoms with Crippen LogP contribution in [0.1, 0.15) is 39.3 Å². The Bertz CT molecular complexity index is 1180. The second-order valence-corrected chi connectivity index (χ2v) is 7.27. The highest BCUT2D eigenvalue weighted by Gasteiger charge is 2.26. The summed E-state index contributed by atoms with van der Waals surface area (Å²) in [5, 5.41) is 13.3. The quantitative estimate of drug-likeness (QED) is 0.407. The number of carbonyl (C=O) groups is 1. The van der Waals surface area contributed by atoms with Crippen molar-refractivity contribution >= 4 is 12.1 Å². The van der Waals surface area contributed by atoms with Gasteiger partial charge in [-0.2, -0.15) is 0 Å². The smallest absolute Gasteiger partial charge is 0.270 e. The number of phenolic OH excluding ortho intramolecular Hbond substituents is 1. The number of aliphatic imine (C=N–C) groups is 1. The van der Waals surface area contributed by atoms with Gasteiger partial charge >= 0.3 is 0 Å². The lowest BCUT2D eigenvalue weighted by Gasteiger charge is -2.26. The van der Waals surface area contributed by atoms with Gasteiger partial charge in [-0.3, -0.25) is 14.8 Å². The van der Waals surface area contributed by atoms with Crippen LogP contribution < -0.4 is 5.32 Å². The molecule has 0 fully saturated rings. The number of aromatic hydroxyl groups is 1. The third-order valence-corrected chi connectivity index (χ3v) is 5.11. The van der Waals surface area contributed by atoms with Gasteiger partial charge in [0.2, 0.25) is 0 Å². The lowest BCUT2D eigenvalue weighted by molar-refractivity contribution is 0.0925. The highest BCUT2D eigenvalue weighted by Crippen LogP contribution is 2.33. The van der Waals surface area contributed by atoms with Crippen LogP contribution in [0.15, 0.2) is 114 Å². The van der Waals surface area contributed by atoms with Crippen molar-refractivity contribution in [3.63, 3.8) is 0 Å². The summed E-state index contributed by atoms with van der Waals surface area (Å²) in [6.07, 6.45) is 3.24. The minimum atomic E-state index is -0.449. The summed E-state index contributed by atoms with van der Waals surface area (Å²) >= 11 is 0. The molecule has 32 heavy (non-hydrogen) atoms. The average Bonchev–Trinajstić information content (AvgIpc) is 2.86. The van der Waals surface area contributed by atoms with Crippen LogP contribution in [0.4, 0.5) is 0 Å². The Hall–Kier alpha value is -4.25. The summed E-state index contributed by atoms with van der Waals surface area (Å²) in [7, 11) is 0. The first-order valence-corrected chi connectivity index (χ1v) is 10.4. The number of nitrogens with zero attached hydrogens (tertiary/aromatic N) is 2. The number of para-hydroxylation sites is 1. The number of amides is 1. The summed E-state index contributed by atoms with van der Waals surface area (Å²) in [5.74, 6) is -0.130. The minimum absolute atomic E-state index is 0.150. The normalized spacial score (nSPS) is 12.9. The molecule has 5 heteroatoms. The predicted octanol–water partition coefficient (Wildman–Crippen LogP) is 5.12. The zero-order valence-electron chi connectivity index (χ0n) is 17.4. The predicted molar refractivity (Wildman–Crippen MR) is 126 cm³/mol. The van der Waals surface area contributed by atoms with Crippen LogP contribution in [0.5, 0.6) is 5.75 Å². The number of hydrogen-bond acceptors (Lipinski definition) is 4. The van der Waals surface area contributed by atoms with Crippen molar-refractivity contribution in [2.24, 2.45) is 4.99 Å². The van der Waals surface area contributed by atoms with E-state index in [1.54, 1.807) is 48.8 Å². The molecule has 0 spiro atoms. The number of aromatic nitrogens is 1. The van der Waals surface area contributed by atoms with E-state index in [0.717, 1.165) is 11.1 Å². The average molecular weight is 422 g/mol. The molecule has 0 aliphatic heterocycles. The first-order chi connectivity index (χ1) is 15.7. The topological polar surface area (TPSA) is 74.6 Å². The number of hydrogen-bond donors (Lipinski definition) is 2. The zero-order chi connectivity index (χ0) is 22.2. The molecule has 1 amide bonds. The van der Waals surface area contributed by atoms with Crippen LogP contribution in [0.2, 0.25) is 0 Å². The van der Waals surface area contributed by atoms with E-state index in [1.165, 1.54) is 0 Å². The molecule has 2 N–H and O–H groups in total. The molecule has 0 unspecified atom stereocenters. The van der Waals surface area contributed by atoms with Crippen molar-refractivity contribution in [3.05, 3.63) is 132 Å². The van der Waals surface area contributed by atoms with Crippen molar-refractivity contribution in [1.29, 1.82) is 0 Å². The molecular weight excluding hydrogens is 398 g/mol. The molecule has 0 saturated heterocycles. The van der Waals surface area contributed by atoms with Gasteiger partial charge in [-0.25, -0.2) is 0 Å². The number of nitrogens with one attached hydrogen (secondary N) is 1. The van der Waals surface area contributed by atoms with Gasteiger partial charge in [0.15, 0.2) is 0 Å². The Balaban J connectivity index is 1.76. The van der Waals surface area contributed by atoms with E-state index in [0.29, 0.717) is 11.3 Å². The molecule has 0 saturated carbocycles. The second kappa shape index (κ2) is 10.2. The van der Waals surface area contributed by atoms with Crippen molar-refractivity contribution in [2.75, 3.05) is 0 Å². The van der Waals surface area contributed by atoms with E-state index in [4.69, 9.17) is 4.99 Å². The summed E-state index contributed by atoms with van der Waals surface area (Å²) < 4.78 is 0. The first-order valence-electron chi connectivity index (χ1n) is 10.4. The van der Waals surface area contributed by atoms with Crippen molar-refractivity contribution in [3.8, 4) is 5.75 Å². The molecule has 0 aliphatic carbocycles. The van der Waals surface area contributed by atoms with E-state index < -0.39 is 12.1 Å². The molecule has 2 atom stereocenters. The Morgan fingerprint density at radius 2 is 1.44 bits per heavy atom. The fourth-order valence-electron chi connectivity index (χ4n) is 3.49. The van der Waals surface area contributed by atoms with E-state index in [1.807, 2.05) is 66.7 Å². The van der Waals surface area contributed by atoms with E-state index >= 15 is 0 Å². The van der Waals surface area contributed by atoms with Crippen LogP contribution in [-0.4, -0.2) is 22.2 Å². The van der Waals surface area contributed by atoms with Crippen LogP contribution in [0, 0.1) is 0 Å². The first kappa shape index (κ1) is 21.0. The largest absolute Gasteiger partial charge is 0.507 e. The van der Waals surface area contributed by atoms with E-state index in [9.17, 15) is 9.90 Å². The van der Waals surface area contributed by atoms with Gasteiger partial charge in [0.05, 0.1) is 12.1 Å². The summed E-state index contributed by atoms with van der Waals surface area (Å²) in [5.41, 5.74) is 2.80. The minimum Gasteiger partial charge on any atom is -0.507 e. The standard InChI is InChI=1S/C27H23N3O2/c31-24-17-8-7-15-22(24)19-29-25(20-11-3-1-4-12-20)26(21-13-5-2-6-14-21)30-27(32)23-16-9-10-18-28-23/h1-19,25-26,31H,(H,30,32)/t25-,26+/m0/s1. The molecular formula is C27H23N3O2. The third kappa shape index (κ3) is 5.08. The Morgan fingerprint density at radius 3 is 2.09 bits per heavy atom. The van der Waals surface area contributed by atoms with Gasteiger partial charge in [-0.15, -0.1) is 0 Å². The summed E-state index contributed by atoms with van der Waals surface area (Å²) in [6.45, 7) is 0. The SMILES string of the molecule is O=C(N[C@H](c1ccccc1)[C@@H](N=Cc1ccccc1O)c1ccccc1)c1ccccn1. The van der Waals surface area contributed by atoms with Crippen molar-refractivity contribution in [1.82, 2.24) is 10.3 Å². The van der Waals surface area contributed by atoms with Gasteiger partial charge in [-0.05, 0) is 35.4 Å². The molecule has 1 aromatic heterocycles. The molecule has 1 heterocycles. The molecule has 0 aliphatic rings. The zero-order valence-corrected chi connectivity index (χ0v) is 17.4. The molecule has 158 valence electrons.